The van der Waals surface area contributed by atoms with Crippen LogP contribution in [0.4, 0.5) is 0 Å². The van der Waals surface area contributed by atoms with Gasteiger partial charge in [-0.15, -0.1) is 0 Å². The lowest BCUT2D eigenvalue weighted by atomic mass is 10.1. The van der Waals surface area contributed by atoms with Crippen molar-refractivity contribution in [2.45, 2.75) is 138 Å². The van der Waals surface area contributed by atoms with Crippen LogP contribution < -0.4 is 0 Å². The highest BCUT2D eigenvalue weighted by atomic mass is 16.3. The van der Waals surface area contributed by atoms with Gasteiger partial charge < -0.3 is 10.2 Å². The second-order valence-corrected chi connectivity index (χ2v) is 8.21. The van der Waals surface area contributed by atoms with Gasteiger partial charge in [-0.25, -0.2) is 0 Å². The monoisotopic (exact) mass is 440 g/mol. The van der Waals surface area contributed by atoms with Gasteiger partial charge in [0.1, 0.15) is 11.6 Å². The topological polar surface area (TPSA) is 74.6 Å². The van der Waals surface area contributed by atoms with Gasteiger partial charge in [-0.1, -0.05) is 97.9 Å². The lowest BCUT2D eigenvalue weighted by Gasteiger charge is -2.04. The predicted molar refractivity (Wildman–Crippen MR) is 140 cm³/mol. The summed E-state index contributed by atoms with van der Waals surface area (Å²) in [7, 11) is 0. The molecule has 192 valence electrons. The van der Waals surface area contributed by atoms with E-state index >= 15 is 0 Å². The molecule has 0 heterocycles. The zero-order chi connectivity index (χ0) is 23.3. The Hall–Kier alpha value is -0.740. The molecular weight excluding hydrogens is 376 g/mol. The van der Waals surface area contributed by atoms with Crippen LogP contribution in [0.25, 0.3) is 0 Å². The third-order valence-corrected chi connectivity index (χ3v) is 3.56. The molecule has 2 N–H and O–H groups in total. The number of aliphatic hydroxyl groups excluding tert-OH is 2. The maximum Gasteiger partial charge on any atom is 0.132 e. The minimum atomic E-state index is -0.148. The molecule has 2 atom stereocenters. The van der Waals surface area contributed by atoms with Crippen molar-refractivity contribution in [2.75, 3.05) is 0 Å². The first-order valence-electron chi connectivity index (χ1n) is 10.4. The molecule has 0 rings (SSSR count). The molecule has 0 aromatic carbocycles. The standard InChI is InChI=1S/2C5H12O.2C5H10O.C3H8.3CH4/c4*1-4(2)5(3)6;1-3-2;;;/h2*4-6H,1-3H3;2*4H,1-3H3;3H2,1-2H3;3*1H4. The Morgan fingerprint density at radius 2 is 0.633 bits per heavy atom. The van der Waals surface area contributed by atoms with E-state index in [2.05, 4.69) is 13.8 Å². The number of carbonyl (C=O) groups is 2. The number of rotatable bonds is 4. The van der Waals surface area contributed by atoms with Crippen molar-refractivity contribution in [1.29, 1.82) is 0 Å². The van der Waals surface area contributed by atoms with E-state index in [4.69, 9.17) is 10.2 Å². The van der Waals surface area contributed by atoms with Crippen LogP contribution in [0.1, 0.15) is 126 Å². The van der Waals surface area contributed by atoms with E-state index in [9.17, 15) is 9.59 Å². The molecule has 0 saturated carbocycles. The van der Waals surface area contributed by atoms with Crippen LogP contribution >= 0.6 is 0 Å². The second kappa shape index (κ2) is 35.7. The maximum absolute atomic E-state index is 10.1. The first-order chi connectivity index (χ1) is 12.0. The van der Waals surface area contributed by atoms with Gasteiger partial charge in [0.15, 0.2) is 0 Å². The van der Waals surface area contributed by atoms with Gasteiger partial charge in [0.25, 0.3) is 0 Å². The van der Waals surface area contributed by atoms with Crippen molar-refractivity contribution in [3.63, 3.8) is 0 Å². The Labute approximate surface area is 193 Å². The fourth-order valence-electron chi connectivity index (χ4n) is 0. The molecule has 2 unspecified atom stereocenters. The van der Waals surface area contributed by atoms with E-state index in [1.165, 1.54) is 6.42 Å². The highest BCUT2D eigenvalue weighted by molar-refractivity contribution is 5.77. The third kappa shape index (κ3) is 80.7. The zero-order valence-corrected chi connectivity index (χ0v) is 20.9. The molecule has 0 aliphatic rings. The minimum Gasteiger partial charge on any atom is -0.393 e. The number of hydrogen-bond donors (Lipinski definition) is 2. The van der Waals surface area contributed by atoms with Gasteiger partial charge in [0, 0.05) is 11.8 Å². The predicted octanol–water partition coefficient (Wildman–Crippen LogP) is 7.83. The molecule has 4 heteroatoms. The van der Waals surface area contributed by atoms with Crippen LogP contribution in [0, 0.1) is 23.7 Å². The number of Topliss-reactive ketones (excluding diaryl/α,β-unsaturated/α-hetero) is 2. The Kier molecular flexibility index (Phi) is 61.5. The van der Waals surface area contributed by atoms with Gasteiger partial charge >= 0.3 is 0 Å². The summed E-state index contributed by atoms with van der Waals surface area (Å²) in [6, 6.07) is 0. The van der Waals surface area contributed by atoms with Crippen LogP contribution in [-0.4, -0.2) is 34.0 Å². The van der Waals surface area contributed by atoms with E-state index in [0.717, 1.165) is 0 Å². The van der Waals surface area contributed by atoms with Gasteiger partial charge in [-0.3, -0.25) is 9.59 Å². The van der Waals surface area contributed by atoms with E-state index in [1.807, 2.05) is 55.4 Å². The second-order valence-electron chi connectivity index (χ2n) is 8.21. The molecule has 0 aliphatic carbocycles. The van der Waals surface area contributed by atoms with Gasteiger partial charge in [-0.05, 0) is 39.5 Å². The molecule has 0 saturated heterocycles. The van der Waals surface area contributed by atoms with E-state index in [0.29, 0.717) is 11.8 Å². The van der Waals surface area contributed by atoms with Crippen molar-refractivity contribution in [3.8, 4) is 0 Å². The summed E-state index contributed by atoms with van der Waals surface area (Å²) < 4.78 is 0. The fraction of sp³-hybridized carbons (Fsp3) is 0.923. The minimum absolute atomic E-state index is 0. The highest BCUT2D eigenvalue weighted by Gasteiger charge is 1.98. The van der Waals surface area contributed by atoms with Gasteiger partial charge in [-0.2, -0.15) is 0 Å². The number of hydrogen-bond acceptors (Lipinski definition) is 4. The Morgan fingerprint density at radius 3 is 0.633 bits per heavy atom. The summed E-state index contributed by atoms with van der Waals surface area (Å²) >= 11 is 0. The van der Waals surface area contributed by atoms with Crippen molar-refractivity contribution >= 4 is 11.6 Å². The van der Waals surface area contributed by atoms with Crippen molar-refractivity contribution in [3.05, 3.63) is 0 Å². The lowest BCUT2D eigenvalue weighted by Crippen LogP contribution is -2.07. The highest BCUT2D eigenvalue weighted by Crippen LogP contribution is 1.97. The number of ketones is 2. The lowest BCUT2D eigenvalue weighted by molar-refractivity contribution is -0.120. The molecule has 0 radical (unpaired) electrons. The van der Waals surface area contributed by atoms with Crippen LogP contribution in [0.15, 0.2) is 0 Å². The van der Waals surface area contributed by atoms with E-state index in [1.54, 1.807) is 27.7 Å². The summed E-state index contributed by atoms with van der Waals surface area (Å²) in [5.74, 6) is 1.76. The molecule has 0 spiro atoms. The van der Waals surface area contributed by atoms with Crippen molar-refractivity contribution < 1.29 is 19.8 Å². The molecule has 30 heavy (non-hydrogen) atoms. The molecule has 0 bridgehead atoms. The normalized spacial score (nSPS) is 10.5. The molecule has 0 aromatic heterocycles. The molecule has 0 aromatic rings. The molecule has 4 nitrogen and oxygen atoms in total. The summed E-state index contributed by atoms with van der Waals surface area (Å²) in [6.45, 7) is 26.6. The number of aliphatic hydroxyl groups is 2. The largest absolute Gasteiger partial charge is 0.393 e. The third-order valence-electron chi connectivity index (χ3n) is 3.56. The van der Waals surface area contributed by atoms with Crippen LogP contribution in [0.3, 0.4) is 0 Å². The Bertz CT molecular complexity index is 262. The first-order valence-corrected chi connectivity index (χ1v) is 10.4. The molecule has 0 amide bonds. The number of carbonyl (C=O) groups excluding carboxylic acids is 2. The van der Waals surface area contributed by atoms with E-state index < -0.39 is 0 Å². The average Bonchev–Trinajstić information content (AvgIpc) is 2.49. The van der Waals surface area contributed by atoms with Gasteiger partial charge in [0.2, 0.25) is 0 Å². The Morgan fingerprint density at radius 1 is 0.567 bits per heavy atom. The van der Waals surface area contributed by atoms with Crippen molar-refractivity contribution in [2.24, 2.45) is 23.7 Å². The first kappa shape index (κ1) is 51.7. The van der Waals surface area contributed by atoms with Crippen molar-refractivity contribution in [1.82, 2.24) is 0 Å². The quantitative estimate of drug-likeness (QED) is 0.467. The summed E-state index contributed by atoms with van der Waals surface area (Å²) in [6.07, 6.45) is 0.954. The maximum atomic E-state index is 10.1. The Balaban J connectivity index is -0.0000000333. The SMILES string of the molecule is C.C.C.CC(=O)C(C)C.CC(=O)C(C)C.CC(C)C(C)O.CC(C)C(C)O.CCC. The molecule has 0 fully saturated rings. The average molecular weight is 441 g/mol. The smallest absolute Gasteiger partial charge is 0.132 e. The summed E-state index contributed by atoms with van der Waals surface area (Å²) in [5.41, 5.74) is 0. The summed E-state index contributed by atoms with van der Waals surface area (Å²) in [4.78, 5) is 20.3. The fourth-order valence-corrected chi connectivity index (χ4v) is 0. The molecular formula is C26H64O4. The van der Waals surface area contributed by atoms with Crippen LogP contribution in [-0.2, 0) is 9.59 Å². The molecule has 0 aliphatic heterocycles. The van der Waals surface area contributed by atoms with Crippen LogP contribution in [0.5, 0.6) is 0 Å². The van der Waals surface area contributed by atoms with Gasteiger partial charge in [0.05, 0.1) is 12.2 Å². The van der Waals surface area contributed by atoms with E-state index in [-0.39, 0.29) is 57.9 Å². The summed E-state index contributed by atoms with van der Waals surface area (Å²) in [5, 5.41) is 17.3. The zero-order valence-electron chi connectivity index (χ0n) is 20.9. The van der Waals surface area contributed by atoms with Crippen LogP contribution in [0.2, 0.25) is 0 Å².